The van der Waals surface area contributed by atoms with E-state index in [9.17, 15) is 9.59 Å². The lowest BCUT2D eigenvalue weighted by Gasteiger charge is -2.27. The van der Waals surface area contributed by atoms with Crippen LogP contribution in [0.5, 0.6) is 11.5 Å². The number of halogens is 2. The standard InChI is InChI=1S/C20H18I2N2O4/c1-23-19-14(21)4-11(5-15(19)22)6-16-13-8-18-17(7-12(13)2-3-24-16)27-20(9-25,10-26)28-18/h4-5,7-10,16,23-24H,2-3,6H2,1H3. The van der Waals surface area contributed by atoms with Gasteiger partial charge in [0.1, 0.15) is 0 Å². The van der Waals surface area contributed by atoms with Crippen molar-refractivity contribution in [2.75, 3.05) is 18.9 Å². The Morgan fingerprint density at radius 3 is 2.39 bits per heavy atom. The van der Waals surface area contributed by atoms with E-state index in [0.29, 0.717) is 24.1 Å². The average molecular weight is 604 g/mol. The largest absolute Gasteiger partial charge is 0.436 e. The highest BCUT2D eigenvalue weighted by molar-refractivity contribution is 14.1. The van der Waals surface area contributed by atoms with E-state index in [1.165, 1.54) is 12.7 Å². The number of fused-ring (bicyclic) bond motifs is 2. The molecule has 0 spiro atoms. The van der Waals surface area contributed by atoms with Gasteiger partial charge in [0.15, 0.2) is 11.5 Å². The molecule has 0 aromatic heterocycles. The molecule has 0 radical (unpaired) electrons. The fourth-order valence-electron chi connectivity index (χ4n) is 3.70. The lowest BCUT2D eigenvalue weighted by Crippen LogP contribution is -2.42. The van der Waals surface area contributed by atoms with Crippen LogP contribution in [0.4, 0.5) is 5.69 Å². The molecule has 2 aliphatic heterocycles. The first kappa shape index (κ1) is 19.9. The minimum Gasteiger partial charge on any atom is -0.436 e. The van der Waals surface area contributed by atoms with E-state index in [2.05, 4.69) is 67.9 Å². The fraction of sp³-hybridized carbons (Fsp3) is 0.300. The Bertz CT molecular complexity index is 932. The maximum Gasteiger partial charge on any atom is 0.367 e. The Hall–Kier alpha value is -1.40. The third-order valence-electron chi connectivity index (χ3n) is 5.03. The summed E-state index contributed by atoms with van der Waals surface area (Å²) >= 11 is 4.70. The number of anilines is 1. The molecule has 0 saturated heterocycles. The summed E-state index contributed by atoms with van der Waals surface area (Å²) < 4.78 is 13.4. The second-order valence-corrected chi connectivity index (χ2v) is 9.13. The monoisotopic (exact) mass is 604 g/mol. The van der Waals surface area contributed by atoms with Gasteiger partial charge in [-0.3, -0.25) is 9.59 Å². The van der Waals surface area contributed by atoms with Gasteiger partial charge in [0.2, 0.25) is 12.6 Å². The number of nitrogens with one attached hydrogen (secondary N) is 2. The van der Waals surface area contributed by atoms with Gasteiger partial charge in [-0.1, -0.05) is 0 Å². The van der Waals surface area contributed by atoms with E-state index in [1.807, 2.05) is 19.2 Å². The Kier molecular flexibility index (Phi) is 5.53. The minimum atomic E-state index is -1.86. The van der Waals surface area contributed by atoms with Crippen LogP contribution >= 0.6 is 45.2 Å². The number of hydrogen-bond donors (Lipinski definition) is 2. The predicted octanol–water partition coefficient (Wildman–Crippen LogP) is 3.23. The van der Waals surface area contributed by atoms with E-state index in [0.717, 1.165) is 36.2 Å². The van der Waals surface area contributed by atoms with Crippen LogP contribution in [0.1, 0.15) is 22.7 Å². The Labute approximate surface area is 190 Å². The molecule has 6 nitrogen and oxygen atoms in total. The Morgan fingerprint density at radius 1 is 1.14 bits per heavy atom. The smallest absolute Gasteiger partial charge is 0.367 e. The van der Waals surface area contributed by atoms with Crippen LogP contribution in [0.25, 0.3) is 0 Å². The molecule has 2 aliphatic rings. The van der Waals surface area contributed by atoms with E-state index in [-0.39, 0.29) is 6.04 Å². The number of rotatable bonds is 5. The van der Waals surface area contributed by atoms with Gasteiger partial charge in [0.25, 0.3) is 0 Å². The van der Waals surface area contributed by atoms with Crippen LogP contribution in [-0.4, -0.2) is 32.0 Å². The summed E-state index contributed by atoms with van der Waals surface area (Å²) in [6.07, 6.45) is 2.46. The topological polar surface area (TPSA) is 76.7 Å². The van der Waals surface area contributed by atoms with Crippen molar-refractivity contribution in [1.82, 2.24) is 5.32 Å². The van der Waals surface area contributed by atoms with Crippen molar-refractivity contribution in [2.24, 2.45) is 0 Å². The normalized spacial score (nSPS) is 19.0. The van der Waals surface area contributed by atoms with Gasteiger partial charge in [-0.15, -0.1) is 0 Å². The molecular weight excluding hydrogens is 586 g/mol. The first-order valence-electron chi connectivity index (χ1n) is 8.85. The highest BCUT2D eigenvalue weighted by atomic mass is 127. The zero-order valence-corrected chi connectivity index (χ0v) is 19.4. The highest BCUT2D eigenvalue weighted by Crippen LogP contribution is 2.43. The summed E-state index contributed by atoms with van der Waals surface area (Å²) in [5.74, 6) is -0.979. The predicted molar refractivity (Wildman–Crippen MR) is 122 cm³/mol. The molecular formula is C20H18I2N2O4. The van der Waals surface area contributed by atoms with Crippen molar-refractivity contribution in [1.29, 1.82) is 0 Å². The van der Waals surface area contributed by atoms with Crippen molar-refractivity contribution in [3.8, 4) is 11.5 Å². The van der Waals surface area contributed by atoms with Crippen molar-refractivity contribution in [3.63, 3.8) is 0 Å². The van der Waals surface area contributed by atoms with Gasteiger partial charge in [0, 0.05) is 20.2 Å². The minimum absolute atomic E-state index is 0.118. The molecule has 0 bridgehead atoms. The number of benzene rings is 2. The van der Waals surface area contributed by atoms with Crippen LogP contribution in [-0.2, 0) is 22.4 Å². The number of aldehydes is 2. The number of carbonyl (C=O) groups is 2. The molecule has 28 heavy (non-hydrogen) atoms. The van der Waals surface area contributed by atoms with Gasteiger partial charge in [-0.25, -0.2) is 0 Å². The van der Waals surface area contributed by atoms with Gasteiger partial charge < -0.3 is 20.1 Å². The molecule has 1 unspecified atom stereocenters. The molecule has 1 atom stereocenters. The highest BCUT2D eigenvalue weighted by Gasteiger charge is 2.42. The van der Waals surface area contributed by atoms with E-state index >= 15 is 0 Å². The maximum absolute atomic E-state index is 11.3. The lowest BCUT2D eigenvalue weighted by molar-refractivity contribution is -0.150. The molecule has 146 valence electrons. The summed E-state index contributed by atoms with van der Waals surface area (Å²) in [5, 5.41) is 6.81. The van der Waals surface area contributed by atoms with E-state index in [4.69, 9.17) is 9.47 Å². The van der Waals surface area contributed by atoms with E-state index < -0.39 is 5.79 Å². The average Bonchev–Trinajstić information content (AvgIpc) is 3.05. The van der Waals surface area contributed by atoms with Crippen LogP contribution in [0.3, 0.4) is 0 Å². The van der Waals surface area contributed by atoms with Crippen molar-refractivity contribution < 1.29 is 19.1 Å². The number of hydrogen-bond acceptors (Lipinski definition) is 6. The summed E-state index contributed by atoms with van der Waals surface area (Å²) in [6.45, 7) is 0.854. The van der Waals surface area contributed by atoms with Crippen molar-refractivity contribution in [3.05, 3.63) is 48.1 Å². The second-order valence-electron chi connectivity index (χ2n) is 6.80. The summed E-state index contributed by atoms with van der Waals surface area (Å²) in [6, 6.07) is 8.30. The molecule has 2 N–H and O–H groups in total. The van der Waals surface area contributed by atoms with Crippen molar-refractivity contribution in [2.45, 2.75) is 24.7 Å². The summed E-state index contributed by atoms with van der Waals surface area (Å²) in [4.78, 5) is 22.5. The number of carbonyl (C=O) groups excluding carboxylic acids is 2. The van der Waals surface area contributed by atoms with Gasteiger partial charge in [-0.05, 0) is 106 Å². The first-order chi connectivity index (χ1) is 13.5. The molecule has 0 amide bonds. The van der Waals surface area contributed by atoms with Crippen LogP contribution in [0.15, 0.2) is 24.3 Å². The van der Waals surface area contributed by atoms with E-state index in [1.54, 1.807) is 0 Å². The molecule has 8 heteroatoms. The summed E-state index contributed by atoms with van der Waals surface area (Å²) in [5.41, 5.74) is 4.65. The molecule has 2 aromatic carbocycles. The zero-order chi connectivity index (χ0) is 19.9. The van der Waals surface area contributed by atoms with Gasteiger partial charge in [-0.2, -0.15) is 0 Å². The summed E-state index contributed by atoms with van der Waals surface area (Å²) in [7, 11) is 1.93. The maximum atomic E-state index is 11.3. The zero-order valence-electron chi connectivity index (χ0n) is 15.1. The van der Waals surface area contributed by atoms with Gasteiger partial charge in [0.05, 0.1) is 5.69 Å². The van der Waals surface area contributed by atoms with Crippen molar-refractivity contribution >= 4 is 63.4 Å². The molecule has 0 aliphatic carbocycles. The third-order valence-corrected chi connectivity index (χ3v) is 6.73. The SMILES string of the molecule is CNc1c(I)cc(CC2NCCc3cc4c(cc32)OC(C=O)(C=O)O4)cc1I. The molecule has 4 rings (SSSR count). The fourth-order valence-corrected chi connectivity index (χ4v) is 6.13. The first-order valence-corrected chi connectivity index (χ1v) is 11.0. The molecule has 2 aromatic rings. The van der Waals surface area contributed by atoms with Gasteiger partial charge >= 0.3 is 5.79 Å². The molecule has 0 saturated carbocycles. The third kappa shape index (κ3) is 3.50. The lowest BCUT2D eigenvalue weighted by atomic mass is 9.90. The quantitative estimate of drug-likeness (QED) is 0.311. The molecule has 0 fully saturated rings. The second kappa shape index (κ2) is 7.79. The Balaban J connectivity index is 1.66. The number of ether oxygens (including phenoxy) is 2. The van der Waals surface area contributed by atoms with Crippen LogP contribution in [0, 0.1) is 7.14 Å². The molecule has 2 heterocycles. The Morgan fingerprint density at radius 2 is 1.79 bits per heavy atom. The van der Waals surface area contributed by atoms with Crippen LogP contribution < -0.4 is 20.1 Å². The van der Waals surface area contributed by atoms with Crippen LogP contribution in [0.2, 0.25) is 0 Å².